The van der Waals surface area contributed by atoms with E-state index in [-0.39, 0.29) is 18.9 Å². The second kappa shape index (κ2) is 8.60. The van der Waals surface area contributed by atoms with Gasteiger partial charge >= 0.3 is 6.16 Å². The van der Waals surface area contributed by atoms with E-state index in [4.69, 9.17) is 4.74 Å². The van der Waals surface area contributed by atoms with Crippen molar-refractivity contribution in [2.24, 2.45) is 0 Å². The molecule has 0 aromatic heterocycles. The number of aliphatic hydroxyl groups is 1. The largest absolute Gasteiger partial charge is 0.513 e. The molecule has 2 rings (SSSR count). The van der Waals surface area contributed by atoms with Crippen LogP contribution in [0.3, 0.4) is 0 Å². The van der Waals surface area contributed by atoms with Crippen LogP contribution in [0.15, 0.2) is 42.5 Å². The van der Waals surface area contributed by atoms with E-state index >= 15 is 0 Å². The minimum absolute atomic E-state index is 0.0679. The summed E-state index contributed by atoms with van der Waals surface area (Å²) in [5, 5.41) is 20.1. The van der Waals surface area contributed by atoms with Gasteiger partial charge in [-0.15, -0.1) is 0 Å². The molecule has 0 heterocycles. The van der Waals surface area contributed by atoms with Gasteiger partial charge in [0, 0.05) is 12.1 Å². The molecule has 0 unspecified atom stereocenters. The van der Waals surface area contributed by atoms with Crippen molar-refractivity contribution in [2.75, 3.05) is 6.61 Å². The molecule has 0 spiro atoms. The molecule has 0 aliphatic heterocycles. The van der Waals surface area contributed by atoms with Gasteiger partial charge < -0.3 is 14.6 Å². The number of nitrogens with zero attached hydrogens (tertiary/aromatic N) is 1. The maximum absolute atomic E-state index is 11.2. The Morgan fingerprint density at radius 2 is 1.92 bits per heavy atom. The Kier molecular flexibility index (Phi) is 6.25. The Labute approximate surface area is 144 Å². The monoisotopic (exact) mass is 343 g/mol. The lowest BCUT2D eigenvalue weighted by molar-refractivity contribution is -0.384. The molecule has 0 bridgehead atoms. The average molecular weight is 343 g/mol. The summed E-state index contributed by atoms with van der Waals surface area (Å²) in [7, 11) is 0. The number of aliphatic hydroxyl groups excluding tert-OH is 1. The molecule has 2 aromatic carbocycles. The molecular weight excluding hydrogens is 326 g/mol. The maximum Gasteiger partial charge on any atom is 0.513 e. The summed E-state index contributed by atoms with van der Waals surface area (Å²) in [5.41, 5.74) is 1.91. The van der Waals surface area contributed by atoms with Crippen molar-refractivity contribution in [1.29, 1.82) is 0 Å². The second-order valence-electron chi connectivity index (χ2n) is 4.99. The molecule has 0 saturated heterocycles. The van der Waals surface area contributed by atoms with E-state index < -0.39 is 11.1 Å². The van der Waals surface area contributed by atoms with Gasteiger partial charge in [-0.1, -0.05) is 24.3 Å². The van der Waals surface area contributed by atoms with E-state index in [0.29, 0.717) is 16.9 Å². The fourth-order valence-corrected chi connectivity index (χ4v) is 2.08. The molecule has 0 saturated carbocycles. The van der Waals surface area contributed by atoms with Crippen molar-refractivity contribution in [2.45, 2.75) is 13.5 Å². The minimum Gasteiger partial charge on any atom is -0.434 e. The summed E-state index contributed by atoms with van der Waals surface area (Å²) in [6, 6.07) is 11.0. The number of nitro groups is 1. The van der Waals surface area contributed by atoms with Crippen molar-refractivity contribution in [1.82, 2.24) is 0 Å². The molecule has 0 radical (unpaired) electrons. The van der Waals surface area contributed by atoms with Gasteiger partial charge in [-0.25, -0.2) is 4.79 Å². The smallest absolute Gasteiger partial charge is 0.434 e. The van der Waals surface area contributed by atoms with Crippen LogP contribution >= 0.6 is 0 Å². The molecular formula is C18H17NO6. The number of carbonyl (C=O) groups excluding carboxylic acids is 1. The highest BCUT2D eigenvalue weighted by Crippen LogP contribution is 2.21. The first kappa shape index (κ1) is 18.2. The Balaban J connectivity index is 2.11. The van der Waals surface area contributed by atoms with Crippen molar-refractivity contribution >= 4 is 24.0 Å². The number of non-ortho nitro benzene ring substituents is 1. The molecule has 7 nitrogen and oxygen atoms in total. The molecule has 25 heavy (non-hydrogen) atoms. The van der Waals surface area contributed by atoms with Gasteiger partial charge in [-0.3, -0.25) is 10.1 Å². The number of rotatable bonds is 6. The molecule has 2 aromatic rings. The van der Waals surface area contributed by atoms with Crippen LogP contribution in [-0.2, 0) is 11.3 Å². The van der Waals surface area contributed by atoms with E-state index in [0.717, 1.165) is 5.56 Å². The van der Waals surface area contributed by atoms with Crippen molar-refractivity contribution < 1.29 is 24.3 Å². The number of benzene rings is 2. The van der Waals surface area contributed by atoms with Gasteiger partial charge in [0.25, 0.3) is 5.69 Å². The molecule has 0 aliphatic rings. The van der Waals surface area contributed by atoms with Gasteiger partial charge in [-0.05, 0) is 41.8 Å². The molecule has 0 aliphatic carbocycles. The molecule has 130 valence electrons. The van der Waals surface area contributed by atoms with Gasteiger partial charge in [0.05, 0.1) is 18.1 Å². The topological polar surface area (TPSA) is 98.9 Å². The third-order valence-corrected chi connectivity index (χ3v) is 3.31. The highest BCUT2D eigenvalue weighted by molar-refractivity contribution is 5.72. The Morgan fingerprint density at radius 1 is 1.20 bits per heavy atom. The summed E-state index contributed by atoms with van der Waals surface area (Å²) in [4.78, 5) is 21.5. The van der Waals surface area contributed by atoms with Crippen LogP contribution in [0.1, 0.15) is 23.6 Å². The van der Waals surface area contributed by atoms with Gasteiger partial charge in [0.2, 0.25) is 0 Å². The van der Waals surface area contributed by atoms with E-state index in [9.17, 15) is 20.0 Å². The van der Waals surface area contributed by atoms with Crippen LogP contribution < -0.4 is 4.74 Å². The number of nitro benzene ring substituents is 1. The molecule has 1 N–H and O–H groups in total. The lowest BCUT2D eigenvalue weighted by atomic mass is 10.1. The summed E-state index contributed by atoms with van der Waals surface area (Å²) in [6.45, 7) is 1.63. The standard InChI is InChI=1S/C18H17NO6/c1-2-24-18(21)25-17-9-4-13(5-10-17)3-6-14-7-8-16(19(22)23)11-15(14)12-20/h3-11,20H,2,12H2,1H3/b6-3+. The minimum atomic E-state index is -0.760. The number of hydrogen-bond donors (Lipinski definition) is 1. The summed E-state index contributed by atoms with van der Waals surface area (Å²) in [5.74, 6) is 0.363. The quantitative estimate of drug-likeness (QED) is 0.282. The Bertz CT molecular complexity index is 783. The fraction of sp³-hybridized carbons (Fsp3) is 0.167. The predicted octanol–water partition coefficient (Wildman–Crippen LogP) is 3.79. The summed E-state index contributed by atoms with van der Waals surface area (Å²) in [6.07, 6.45) is 2.77. The fourth-order valence-electron chi connectivity index (χ4n) is 2.08. The number of hydrogen-bond acceptors (Lipinski definition) is 6. The SMILES string of the molecule is CCOC(=O)Oc1ccc(/C=C/c2ccc([N+](=O)[O-])cc2CO)cc1. The summed E-state index contributed by atoms with van der Waals surface area (Å²) < 4.78 is 9.65. The van der Waals surface area contributed by atoms with Crippen LogP contribution in [0, 0.1) is 10.1 Å². The third-order valence-electron chi connectivity index (χ3n) is 3.31. The van der Waals surface area contributed by atoms with E-state index in [1.54, 1.807) is 49.4 Å². The highest BCUT2D eigenvalue weighted by Gasteiger charge is 2.08. The zero-order chi connectivity index (χ0) is 18.2. The van der Waals surface area contributed by atoms with Gasteiger partial charge in [0.1, 0.15) is 5.75 Å². The van der Waals surface area contributed by atoms with Crippen molar-refractivity contribution in [3.8, 4) is 5.75 Å². The van der Waals surface area contributed by atoms with E-state index in [1.807, 2.05) is 0 Å². The first-order chi connectivity index (χ1) is 12.0. The van der Waals surface area contributed by atoms with Crippen LogP contribution in [0.4, 0.5) is 10.5 Å². The first-order valence-electron chi connectivity index (χ1n) is 7.54. The first-order valence-corrected chi connectivity index (χ1v) is 7.54. The molecule has 0 amide bonds. The second-order valence-corrected chi connectivity index (χ2v) is 4.99. The maximum atomic E-state index is 11.2. The van der Waals surface area contributed by atoms with E-state index in [1.165, 1.54) is 12.1 Å². The lowest BCUT2D eigenvalue weighted by Crippen LogP contribution is -2.09. The van der Waals surface area contributed by atoms with Crippen LogP contribution in [0.25, 0.3) is 12.2 Å². The number of carbonyl (C=O) groups is 1. The average Bonchev–Trinajstić information content (AvgIpc) is 2.61. The van der Waals surface area contributed by atoms with Gasteiger partial charge in [0.15, 0.2) is 0 Å². The summed E-state index contributed by atoms with van der Waals surface area (Å²) >= 11 is 0. The van der Waals surface area contributed by atoms with Crippen LogP contribution in [0.2, 0.25) is 0 Å². The Morgan fingerprint density at radius 3 is 2.52 bits per heavy atom. The van der Waals surface area contributed by atoms with Crippen LogP contribution in [-0.4, -0.2) is 22.8 Å². The van der Waals surface area contributed by atoms with Crippen molar-refractivity contribution in [3.63, 3.8) is 0 Å². The zero-order valence-corrected chi connectivity index (χ0v) is 13.5. The third kappa shape index (κ3) is 5.15. The lowest BCUT2D eigenvalue weighted by Gasteiger charge is -2.04. The zero-order valence-electron chi connectivity index (χ0n) is 13.5. The molecule has 0 atom stereocenters. The normalized spacial score (nSPS) is 10.6. The Hall–Kier alpha value is -3.19. The van der Waals surface area contributed by atoms with Crippen molar-refractivity contribution in [3.05, 3.63) is 69.3 Å². The predicted molar refractivity (Wildman–Crippen MR) is 92.0 cm³/mol. The molecule has 0 fully saturated rings. The van der Waals surface area contributed by atoms with Crippen LogP contribution in [0.5, 0.6) is 5.75 Å². The number of ether oxygens (including phenoxy) is 2. The van der Waals surface area contributed by atoms with Gasteiger partial charge in [-0.2, -0.15) is 0 Å². The highest BCUT2D eigenvalue weighted by atomic mass is 16.7. The molecule has 7 heteroatoms. The van der Waals surface area contributed by atoms with E-state index in [2.05, 4.69) is 4.74 Å².